The van der Waals surface area contributed by atoms with E-state index in [0.29, 0.717) is 0 Å². The van der Waals surface area contributed by atoms with Crippen molar-refractivity contribution in [2.45, 2.75) is 18.6 Å². The van der Waals surface area contributed by atoms with E-state index >= 15 is 0 Å². The minimum atomic E-state index is -0.219. The molecule has 234 valence electrons. The molecule has 0 amide bonds. The van der Waals surface area contributed by atoms with E-state index in [-0.39, 0.29) is 18.6 Å². The fourth-order valence-electron chi connectivity index (χ4n) is 8.04. The van der Waals surface area contributed by atoms with E-state index in [1.54, 1.807) is 0 Å². The molecule has 3 N–H and O–H groups in total. The fourth-order valence-corrected chi connectivity index (χ4v) is 8.04. The van der Waals surface area contributed by atoms with Crippen LogP contribution in [0.3, 0.4) is 0 Å². The zero-order valence-electron chi connectivity index (χ0n) is 26.8. The highest BCUT2D eigenvalue weighted by Gasteiger charge is 2.32. The third kappa shape index (κ3) is 4.57. The van der Waals surface area contributed by atoms with E-state index in [1.165, 1.54) is 76.4 Å². The second kappa shape index (κ2) is 11.4. The molecule has 8 aromatic carbocycles. The van der Waals surface area contributed by atoms with E-state index < -0.39 is 0 Å². The van der Waals surface area contributed by atoms with E-state index in [0.717, 1.165) is 0 Å². The summed E-state index contributed by atoms with van der Waals surface area (Å²) in [6, 6.07) is 61.4. The van der Waals surface area contributed by atoms with Gasteiger partial charge in [0.25, 0.3) is 0 Å². The highest BCUT2D eigenvalue weighted by Crippen LogP contribution is 2.45. The number of rotatable bonds is 4. The van der Waals surface area contributed by atoms with Crippen molar-refractivity contribution in [3.8, 4) is 11.1 Å². The normalized spacial score (nSPS) is 18.2. The molecule has 0 bridgehead atoms. The van der Waals surface area contributed by atoms with Gasteiger partial charge in [-0.15, -0.1) is 0 Å². The number of nitrogens with zero attached hydrogens (tertiary/aromatic N) is 1. The standard InChI is InChI=1S/C45H34N4/c1-3-13-29(14-4-1)30-23-25-33(26-24-30)44-46-43(32-16-5-2-6-17-32)47-45(48-44)49-39-22-12-11-21-38(39)41-40-34-18-8-7-15-31(34)27-28-36(40)35-19-9-10-20-37(35)42(41)49/h1-28,43-48H. The molecule has 1 aliphatic heterocycles. The second-order valence-corrected chi connectivity index (χ2v) is 13.0. The van der Waals surface area contributed by atoms with Crippen molar-refractivity contribution < 1.29 is 0 Å². The highest BCUT2D eigenvalue weighted by atomic mass is 15.4. The van der Waals surface area contributed by atoms with Crippen molar-refractivity contribution in [2.24, 2.45) is 0 Å². The summed E-state index contributed by atoms with van der Waals surface area (Å²) in [5, 5.41) is 22.1. The first-order valence-electron chi connectivity index (χ1n) is 17.1. The van der Waals surface area contributed by atoms with Crippen LogP contribution in [-0.4, -0.2) is 4.57 Å². The summed E-state index contributed by atoms with van der Waals surface area (Å²) in [6.45, 7) is 0. The lowest BCUT2D eigenvalue weighted by molar-refractivity contribution is 0.161. The van der Waals surface area contributed by atoms with Gasteiger partial charge in [0.15, 0.2) is 0 Å². The average Bonchev–Trinajstić information content (AvgIpc) is 3.54. The quantitative estimate of drug-likeness (QED) is 0.170. The lowest BCUT2D eigenvalue weighted by atomic mass is 9.93. The van der Waals surface area contributed by atoms with Gasteiger partial charge in [0, 0.05) is 21.5 Å². The molecular formula is C45H34N4. The molecule has 0 spiro atoms. The Balaban J connectivity index is 1.22. The van der Waals surface area contributed by atoms with Crippen LogP contribution in [0.2, 0.25) is 0 Å². The number of aromatic nitrogens is 1. The monoisotopic (exact) mass is 630 g/mol. The predicted molar refractivity (Wildman–Crippen MR) is 204 cm³/mol. The maximum atomic E-state index is 4.01. The Labute approximate surface area is 284 Å². The molecule has 0 radical (unpaired) electrons. The van der Waals surface area contributed by atoms with Gasteiger partial charge in [0.1, 0.15) is 6.29 Å². The Hall–Kier alpha value is -5.78. The first kappa shape index (κ1) is 28.3. The lowest BCUT2D eigenvalue weighted by Crippen LogP contribution is -2.56. The van der Waals surface area contributed by atoms with Crippen LogP contribution < -0.4 is 16.0 Å². The van der Waals surface area contributed by atoms with Crippen molar-refractivity contribution in [1.29, 1.82) is 0 Å². The summed E-state index contributed by atoms with van der Waals surface area (Å²) in [4.78, 5) is 0. The van der Waals surface area contributed by atoms with Crippen LogP contribution in [0.15, 0.2) is 170 Å². The van der Waals surface area contributed by atoms with Crippen LogP contribution in [0.25, 0.3) is 65.3 Å². The Morgan fingerprint density at radius 2 is 0.939 bits per heavy atom. The van der Waals surface area contributed by atoms with Crippen LogP contribution in [0.1, 0.15) is 29.7 Å². The van der Waals surface area contributed by atoms with Crippen LogP contribution in [0, 0.1) is 0 Å². The molecule has 1 aliphatic rings. The average molecular weight is 631 g/mol. The van der Waals surface area contributed by atoms with Gasteiger partial charge in [0.2, 0.25) is 0 Å². The Morgan fingerprint density at radius 3 is 1.69 bits per heavy atom. The lowest BCUT2D eigenvalue weighted by Gasteiger charge is -2.40. The zero-order chi connectivity index (χ0) is 32.3. The topological polar surface area (TPSA) is 41.0 Å². The van der Waals surface area contributed by atoms with Crippen molar-refractivity contribution in [3.05, 3.63) is 181 Å². The first-order valence-corrected chi connectivity index (χ1v) is 17.1. The van der Waals surface area contributed by atoms with Gasteiger partial charge in [-0.1, -0.05) is 164 Å². The molecule has 49 heavy (non-hydrogen) atoms. The van der Waals surface area contributed by atoms with E-state index in [1.807, 2.05) is 0 Å². The van der Waals surface area contributed by atoms with Gasteiger partial charge < -0.3 is 4.57 Å². The maximum absolute atomic E-state index is 4.01. The van der Waals surface area contributed by atoms with Crippen molar-refractivity contribution in [3.63, 3.8) is 0 Å². The second-order valence-electron chi connectivity index (χ2n) is 13.0. The van der Waals surface area contributed by atoms with E-state index in [2.05, 4.69) is 190 Å². The Kier molecular flexibility index (Phi) is 6.59. The van der Waals surface area contributed by atoms with Gasteiger partial charge in [-0.3, -0.25) is 16.0 Å². The minimum Gasteiger partial charge on any atom is -0.311 e. The number of nitrogens with one attached hydrogen (secondary N) is 3. The van der Waals surface area contributed by atoms with Crippen molar-refractivity contribution >= 4 is 54.1 Å². The van der Waals surface area contributed by atoms with Gasteiger partial charge in [0.05, 0.1) is 23.4 Å². The summed E-state index contributed by atoms with van der Waals surface area (Å²) in [5.41, 5.74) is 7.24. The molecule has 2 heterocycles. The van der Waals surface area contributed by atoms with Crippen LogP contribution in [-0.2, 0) is 0 Å². The highest BCUT2D eigenvalue weighted by molar-refractivity contribution is 6.36. The molecule has 3 unspecified atom stereocenters. The number of hydrogen-bond acceptors (Lipinski definition) is 3. The molecule has 1 saturated heterocycles. The fraction of sp³-hybridized carbons (Fsp3) is 0.0667. The minimum absolute atomic E-state index is 0.0880. The number of hydrogen-bond donors (Lipinski definition) is 3. The van der Waals surface area contributed by atoms with Gasteiger partial charge in [-0.05, 0) is 49.9 Å². The molecule has 4 nitrogen and oxygen atoms in total. The smallest absolute Gasteiger partial charge is 0.142 e. The molecule has 0 aliphatic carbocycles. The molecular weight excluding hydrogens is 597 g/mol. The van der Waals surface area contributed by atoms with Gasteiger partial charge in [-0.2, -0.15) is 0 Å². The number of fused-ring (bicyclic) bond motifs is 10. The maximum Gasteiger partial charge on any atom is 0.142 e. The molecule has 3 atom stereocenters. The molecule has 9 aromatic rings. The van der Waals surface area contributed by atoms with Crippen molar-refractivity contribution in [2.75, 3.05) is 0 Å². The number of para-hydroxylation sites is 1. The zero-order valence-corrected chi connectivity index (χ0v) is 26.8. The molecule has 1 fully saturated rings. The van der Waals surface area contributed by atoms with Crippen LogP contribution in [0.5, 0.6) is 0 Å². The summed E-state index contributed by atoms with van der Waals surface area (Å²) >= 11 is 0. The van der Waals surface area contributed by atoms with Crippen LogP contribution >= 0.6 is 0 Å². The van der Waals surface area contributed by atoms with Gasteiger partial charge >= 0.3 is 0 Å². The molecule has 4 heteroatoms. The SMILES string of the molecule is c1ccc(-c2ccc(C3NC(c4ccccc4)NC(n4c5ccccc5c5c6c7ccccc7ccc6c6ccccc6c54)N3)cc2)cc1. The van der Waals surface area contributed by atoms with Crippen molar-refractivity contribution in [1.82, 2.24) is 20.5 Å². The summed E-state index contributed by atoms with van der Waals surface area (Å²) in [6.07, 6.45) is -0.413. The largest absolute Gasteiger partial charge is 0.311 e. The van der Waals surface area contributed by atoms with Gasteiger partial charge in [-0.25, -0.2) is 0 Å². The molecule has 10 rings (SSSR count). The molecule has 0 saturated carbocycles. The Morgan fingerprint density at radius 1 is 0.367 bits per heavy atom. The van der Waals surface area contributed by atoms with E-state index in [4.69, 9.17) is 0 Å². The first-order chi connectivity index (χ1) is 24.3. The number of benzene rings is 8. The molecule has 1 aromatic heterocycles. The van der Waals surface area contributed by atoms with Crippen LogP contribution in [0.4, 0.5) is 0 Å². The summed E-state index contributed by atoms with van der Waals surface area (Å²) < 4.78 is 2.51. The third-order valence-corrected chi connectivity index (χ3v) is 10.3. The predicted octanol–water partition coefficient (Wildman–Crippen LogP) is 10.6. The van der Waals surface area contributed by atoms with E-state index in [9.17, 15) is 0 Å². The third-order valence-electron chi connectivity index (χ3n) is 10.3. The summed E-state index contributed by atoms with van der Waals surface area (Å²) in [5.74, 6) is 0. The Bertz CT molecular complexity index is 2640. The summed E-state index contributed by atoms with van der Waals surface area (Å²) in [7, 11) is 0.